The van der Waals surface area contributed by atoms with Gasteiger partial charge in [0.1, 0.15) is 17.9 Å². The van der Waals surface area contributed by atoms with Crippen LogP contribution >= 0.6 is 0 Å². The molecule has 0 radical (unpaired) electrons. The van der Waals surface area contributed by atoms with Gasteiger partial charge in [0.25, 0.3) is 0 Å². The highest BCUT2D eigenvalue weighted by molar-refractivity contribution is 5.90. The number of halogens is 1. The van der Waals surface area contributed by atoms with E-state index in [4.69, 9.17) is 0 Å². The number of carbonyl (C=O) groups excluding carboxylic acids is 2. The van der Waals surface area contributed by atoms with Crippen LogP contribution in [0.25, 0.3) is 0 Å². The second-order valence-corrected chi connectivity index (χ2v) is 6.47. The van der Waals surface area contributed by atoms with Crippen molar-refractivity contribution < 1.29 is 23.9 Å². The van der Waals surface area contributed by atoms with E-state index in [-0.39, 0.29) is 18.4 Å². The molecule has 0 aliphatic rings. The Kier molecular flexibility index (Phi) is 7.68. The first kappa shape index (κ1) is 21.1. The number of hydrogen-bond acceptors (Lipinski definition) is 3. The molecule has 0 saturated heterocycles. The molecule has 0 fully saturated rings. The zero-order chi connectivity index (χ0) is 20.5. The Hall–Kier alpha value is -3.22. The third-order valence-corrected chi connectivity index (χ3v) is 4.25. The molecule has 6 nitrogen and oxygen atoms in total. The lowest BCUT2D eigenvalue weighted by Crippen LogP contribution is -2.52. The van der Waals surface area contributed by atoms with Crippen LogP contribution in [0.5, 0.6) is 0 Å². The largest absolute Gasteiger partial charge is 0.480 e. The maximum absolute atomic E-state index is 13.9. The van der Waals surface area contributed by atoms with Crippen LogP contribution in [-0.4, -0.2) is 35.0 Å². The van der Waals surface area contributed by atoms with Gasteiger partial charge in [-0.05, 0) is 30.0 Å². The van der Waals surface area contributed by atoms with Gasteiger partial charge in [-0.1, -0.05) is 48.5 Å². The van der Waals surface area contributed by atoms with E-state index < -0.39 is 35.7 Å². The van der Waals surface area contributed by atoms with Crippen molar-refractivity contribution in [3.8, 4) is 0 Å². The first-order valence-electron chi connectivity index (χ1n) is 8.94. The normalized spacial score (nSPS) is 12.6. The van der Waals surface area contributed by atoms with Crippen molar-refractivity contribution in [3.05, 3.63) is 71.5 Å². The average Bonchev–Trinajstić information content (AvgIpc) is 2.66. The number of aryl methyl sites for hydroxylation is 1. The van der Waals surface area contributed by atoms with Gasteiger partial charge in [0.2, 0.25) is 11.8 Å². The molecule has 0 heterocycles. The Bertz CT molecular complexity index is 826. The lowest BCUT2D eigenvalue weighted by Gasteiger charge is -2.21. The molecule has 0 unspecified atom stereocenters. The lowest BCUT2D eigenvalue weighted by molar-refractivity contribution is -0.142. The highest BCUT2D eigenvalue weighted by atomic mass is 19.1. The Morgan fingerprint density at radius 1 is 0.964 bits per heavy atom. The van der Waals surface area contributed by atoms with Crippen molar-refractivity contribution in [1.29, 1.82) is 0 Å². The molecule has 0 aliphatic carbocycles. The van der Waals surface area contributed by atoms with Gasteiger partial charge >= 0.3 is 5.97 Å². The first-order chi connectivity index (χ1) is 13.4. The van der Waals surface area contributed by atoms with E-state index in [9.17, 15) is 23.9 Å². The SMILES string of the molecule is CC(=O)N[C@@H](Cc1ccccc1F)C(=O)N[C@H](CCc1ccccc1)C(=O)O. The molecular formula is C21H23FN2O4. The number of carboxylic acid groups (broad SMARTS) is 1. The summed E-state index contributed by atoms with van der Waals surface area (Å²) in [4.78, 5) is 35.6. The lowest BCUT2D eigenvalue weighted by atomic mass is 10.0. The smallest absolute Gasteiger partial charge is 0.326 e. The number of nitrogens with one attached hydrogen (secondary N) is 2. The molecule has 148 valence electrons. The fourth-order valence-corrected chi connectivity index (χ4v) is 2.82. The number of aliphatic carboxylic acids is 1. The fourth-order valence-electron chi connectivity index (χ4n) is 2.82. The molecule has 0 saturated carbocycles. The van der Waals surface area contributed by atoms with Crippen molar-refractivity contribution in [2.24, 2.45) is 0 Å². The molecule has 2 atom stereocenters. The maximum atomic E-state index is 13.9. The highest BCUT2D eigenvalue weighted by Gasteiger charge is 2.26. The summed E-state index contributed by atoms with van der Waals surface area (Å²) in [7, 11) is 0. The molecule has 0 bridgehead atoms. The minimum Gasteiger partial charge on any atom is -0.480 e. The third kappa shape index (κ3) is 6.50. The molecule has 2 aromatic rings. The molecule has 0 spiro atoms. The zero-order valence-electron chi connectivity index (χ0n) is 15.5. The van der Waals surface area contributed by atoms with Crippen LogP contribution in [0.4, 0.5) is 4.39 Å². The fraction of sp³-hybridized carbons (Fsp3) is 0.286. The Morgan fingerprint density at radius 2 is 1.61 bits per heavy atom. The molecular weight excluding hydrogens is 363 g/mol. The summed E-state index contributed by atoms with van der Waals surface area (Å²) in [6.07, 6.45) is 0.580. The molecule has 2 amide bonds. The number of carboxylic acids is 1. The number of benzene rings is 2. The van der Waals surface area contributed by atoms with E-state index in [2.05, 4.69) is 10.6 Å². The average molecular weight is 386 g/mol. The van der Waals surface area contributed by atoms with Crippen LogP contribution in [-0.2, 0) is 27.2 Å². The van der Waals surface area contributed by atoms with E-state index >= 15 is 0 Å². The van der Waals surface area contributed by atoms with E-state index in [0.717, 1.165) is 5.56 Å². The highest BCUT2D eigenvalue weighted by Crippen LogP contribution is 2.11. The van der Waals surface area contributed by atoms with Gasteiger partial charge in [-0.15, -0.1) is 0 Å². The summed E-state index contributed by atoms with van der Waals surface area (Å²) in [5.74, 6) is -2.80. The van der Waals surface area contributed by atoms with E-state index in [1.807, 2.05) is 30.3 Å². The summed E-state index contributed by atoms with van der Waals surface area (Å²) in [5.41, 5.74) is 1.21. The second-order valence-electron chi connectivity index (χ2n) is 6.47. The van der Waals surface area contributed by atoms with Crippen molar-refractivity contribution in [3.63, 3.8) is 0 Å². The third-order valence-electron chi connectivity index (χ3n) is 4.25. The van der Waals surface area contributed by atoms with E-state index in [1.165, 1.54) is 25.1 Å². The predicted octanol–water partition coefficient (Wildman–Crippen LogP) is 2.08. The van der Waals surface area contributed by atoms with Gasteiger partial charge in [-0.25, -0.2) is 9.18 Å². The quantitative estimate of drug-likeness (QED) is 0.615. The number of carbonyl (C=O) groups is 3. The van der Waals surface area contributed by atoms with Crippen LogP contribution in [0, 0.1) is 5.82 Å². The monoisotopic (exact) mass is 386 g/mol. The summed E-state index contributed by atoms with van der Waals surface area (Å²) >= 11 is 0. The predicted molar refractivity (Wildman–Crippen MR) is 102 cm³/mol. The van der Waals surface area contributed by atoms with E-state index in [0.29, 0.717) is 6.42 Å². The van der Waals surface area contributed by atoms with Crippen LogP contribution < -0.4 is 10.6 Å². The van der Waals surface area contributed by atoms with Gasteiger partial charge < -0.3 is 15.7 Å². The summed E-state index contributed by atoms with van der Waals surface area (Å²) in [6, 6.07) is 13.0. The van der Waals surface area contributed by atoms with Crippen molar-refractivity contribution >= 4 is 17.8 Å². The minimum atomic E-state index is -1.17. The van der Waals surface area contributed by atoms with Crippen molar-refractivity contribution in [1.82, 2.24) is 10.6 Å². The van der Waals surface area contributed by atoms with Gasteiger partial charge in [0, 0.05) is 13.3 Å². The molecule has 0 aliphatic heterocycles. The Balaban J connectivity index is 2.07. The standard InChI is InChI=1S/C21H23FN2O4/c1-14(25)23-19(13-16-9-5-6-10-17(16)22)20(26)24-18(21(27)28)12-11-15-7-3-2-4-8-15/h2-10,18-19H,11-13H2,1H3,(H,23,25)(H,24,26)(H,27,28)/t18-,19+/m1/s1. The minimum absolute atomic E-state index is 0.0802. The van der Waals surface area contributed by atoms with Gasteiger partial charge in [-0.3, -0.25) is 9.59 Å². The van der Waals surface area contributed by atoms with Gasteiger partial charge in [-0.2, -0.15) is 0 Å². The zero-order valence-corrected chi connectivity index (χ0v) is 15.5. The summed E-state index contributed by atoms with van der Waals surface area (Å²) in [5, 5.41) is 14.4. The molecule has 2 rings (SSSR count). The second kappa shape index (κ2) is 10.2. The molecule has 7 heteroatoms. The van der Waals surface area contributed by atoms with Crippen LogP contribution in [0.2, 0.25) is 0 Å². The summed E-state index contributed by atoms with van der Waals surface area (Å²) < 4.78 is 13.9. The van der Waals surface area contributed by atoms with Crippen LogP contribution in [0.15, 0.2) is 54.6 Å². The Labute approximate surface area is 162 Å². The topological polar surface area (TPSA) is 95.5 Å². The van der Waals surface area contributed by atoms with Crippen molar-refractivity contribution in [2.75, 3.05) is 0 Å². The van der Waals surface area contributed by atoms with Crippen LogP contribution in [0.1, 0.15) is 24.5 Å². The first-order valence-corrected chi connectivity index (χ1v) is 8.94. The molecule has 0 aromatic heterocycles. The number of rotatable bonds is 9. The van der Waals surface area contributed by atoms with E-state index in [1.54, 1.807) is 6.07 Å². The van der Waals surface area contributed by atoms with Crippen LogP contribution in [0.3, 0.4) is 0 Å². The Morgan fingerprint density at radius 3 is 2.21 bits per heavy atom. The number of amides is 2. The van der Waals surface area contributed by atoms with Gasteiger partial charge in [0.05, 0.1) is 0 Å². The van der Waals surface area contributed by atoms with Crippen molar-refractivity contribution in [2.45, 2.75) is 38.3 Å². The summed E-state index contributed by atoms with van der Waals surface area (Å²) in [6.45, 7) is 1.24. The van der Waals surface area contributed by atoms with Gasteiger partial charge in [0.15, 0.2) is 0 Å². The molecule has 2 aromatic carbocycles. The molecule has 28 heavy (non-hydrogen) atoms. The molecule has 3 N–H and O–H groups in total. The maximum Gasteiger partial charge on any atom is 0.326 e. The number of hydrogen-bond donors (Lipinski definition) is 3.